The number of pyridine rings is 1. The monoisotopic (exact) mass is 327 g/mol. The highest BCUT2D eigenvalue weighted by atomic mass is 16.3. The van der Waals surface area contributed by atoms with Gasteiger partial charge in [0.2, 0.25) is 0 Å². The van der Waals surface area contributed by atoms with Gasteiger partial charge in [0, 0.05) is 43.2 Å². The number of rotatable bonds is 6. The standard InChI is InChI=1S/C20H29N3O/c1-15(14-24)16(2)21-13-18-12-17-8-4-5-9-19(17)22-20(18)23-10-6-3-7-11-23/h4-5,8-9,12,15-16,21,24H,3,6-7,10-11,13-14H2,1-2H3. The van der Waals surface area contributed by atoms with Crippen molar-refractivity contribution in [3.8, 4) is 0 Å². The van der Waals surface area contributed by atoms with Crippen LogP contribution in [0.5, 0.6) is 0 Å². The number of nitrogens with one attached hydrogen (secondary N) is 1. The molecule has 1 aliphatic rings. The molecule has 1 fully saturated rings. The summed E-state index contributed by atoms with van der Waals surface area (Å²) in [7, 11) is 0. The van der Waals surface area contributed by atoms with Crippen LogP contribution < -0.4 is 10.2 Å². The Morgan fingerprint density at radius 2 is 1.92 bits per heavy atom. The predicted molar refractivity (Wildman–Crippen MR) is 100 cm³/mol. The zero-order chi connectivity index (χ0) is 16.9. The molecule has 2 N–H and O–H groups in total. The van der Waals surface area contributed by atoms with Crippen molar-refractivity contribution in [3.63, 3.8) is 0 Å². The molecule has 0 bridgehead atoms. The predicted octanol–water partition coefficient (Wildman–Crippen LogP) is 3.33. The van der Waals surface area contributed by atoms with Crippen LogP contribution in [-0.4, -0.2) is 35.8 Å². The summed E-state index contributed by atoms with van der Waals surface area (Å²) in [4.78, 5) is 7.42. The van der Waals surface area contributed by atoms with Gasteiger partial charge in [-0.25, -0.2) is 4.98 Å². The van der Waals surface area contributed by atoms with Crippen LogP contribution in [0.15, 0.2) is 30.3 Å². The second-order valence-corrected chi connectivity index (χ2v) is 7.04. The quantitative estimate of drug-likeness (QED) is 0.854. The lowest BCUT2D eigenvalue weighted by Gasteiger charge is -2.30. The van der Waals surface area contributed by atoms with Crippen LogP contribution in [0.25, 0.3) is 10.9 Å². The highest BCUT2D eigenvalue weighted by Crippen LogP contribution is 2.26. The van der Waals surface area contributed by atoms with Crippen LogP contribution in [0.1, 0.15) is 38.7 Å². The molecule has 1 aliphatic heterocycles. The summed E-state index contributed by atoms with van der Waals surface area (Å²) in [5.41, 5.74) is 2.33. The number of aromatic nitrogens is 1. The van der Waals surface area contributed by atoms with E-state index in [1.165, 1.54) is 30.2 Å². The van der Waals surface area contributed by atoms with Gasteiger partial charge < -0.3 is 15.3 Å². The van der Waals surface area contributed by atoms with E-state index in [1.807, 2.05) is 0 Å². The first kappa shape index (κ1) is 17.2. The number of aliphatic hydroxyl groups is 1. The highest BCUT2D eigenvalue weighted by molar-refractivity contribution is 5.81. The molecule has 24 heavy (non-hydrogen) atoms. The van der Waals surface area contributed by atoms with E-state index >= 15 is 0 Å². The Labute approximate surface area is 144 Å². The first-order valence-corrected chi connectivity index (χ1v) is 9.17. The summed E-state index contributed by atoms with van der Waals surface area (Å²) in [5.74, 6) is 1.38. The molecule has 3 rings (SSSR count). The number of nitrogens with zero attached hydrogens (tertiary/aromatic N) is 2. The van der Waals surface area contributed by atoms with Crippen molar-refractivity contribution in [3.05, 3.63) is 35.9 Å². The summed E-state index contributed by atoms with van der Waals surface area (Å²) >= 11 is 0. The number of para-hydroxylation sites is 1. The first-order valence-electron chi connectivity index (χ1n) is 9.17. The molecule has 2 unspecified atom stereocenters. The number of hydrogen-bond acceptors (Lipinski definition) is 4. The van der Waals surface area contributed by atoms with Gasteiger partial charge >= 0.3 is 0 Å². The Bertz CT molecular complexity index is 667. The molecule has 4 nitrogen and oxygen atoms in total. The first-order chi connectivity index (χ1) is 11.7. The molecular formula is C20H29N3O. The van der Waals surface area contributed by atoms with Crippen molar-refractivity contribution in [2.75, 3.05) is 24.6 Å². The number of anilines is 1. The Hall–Kier alpha value is -1.65. The Kier molecular flexibility index (Phi) is 5.69. The summed E-state index contributed by atoms with van der Waals surface area (Å²) < 4.78 is 0. The minimum absolute atomic E-state index is 0.211. The average Bonchev–Trinajstić information content (AvgIpc) is 2.65. The van der Waals surface area contributed by atoms with Crippen LogP contribution in [0.3, 0.4) is 0 Å². The number of aliphatic hydroxyl groups excluding tert-OH is 1. The number of piperidine rings is 1. The molecule has 0 saturated carbocycles. The van der Waals surface area contributed by atoms with E-state index in [4.69, 9.17) is 4.98 Å². The van der Waals surface area contributed by atoms with Crippen LogP contribution >= 0.6 is 0 Å². The molecule has 0 amide bonds. The Balaban J connectivity index is 1.88. The van der Waals surface area contributed by atoms with E-state index in [0.717, 1.165) is 31.0 Å². The minimum atomic E-state index is 0.211. The molecule has 0 aliphatic carbocycles. The third kappa shape index (κ3) is 3.87. The van der Waals surface area contributed by atoms with Gasteiger partial charge in [0.15, 0.2) is 0 Å². The van der Waals surface area contributed by atoms with Crippen LogP contribution in [0, 0.1) is 5.92 Å². The minimum Gasteiger partial charge on any atom is -0.396 e. The van der Waals surface area contributed by atoms with E-state index in [2.05, 4.69) is 54.4 Å². The van der Waals surface area contributed by atoms with Crippen molar-refractivity contribution in [1.82, 2.24) is 10.3 Å². The summed E-state index contributed by atoms with van der Waals surface area (Å²) in [5, 5.41) is 14.1. The van der Waals surface area contributed by atoms with Gasteiger partial charge in [-0.2, -0.15) is 0 Å². The number of benzene rings is 1. The van der Waals surface area contributed by atoms with Gasteiger partial charge in [0.05, 0.1) is 5.52 Å². The van der Waals surface area contributed by atoms with E-state index < -0.39 is 0 Å². The zero-order valence-corrected chi connectivity index (χ0v) is 14.8. The van der Waals surface area contributed by atoms with E-state index in [-0.39, 0.29) is 18.6 Å². The van der Waals surface area contributed by atoms with Crippen molar-refractivity contribution in [2.24, 2.45) is 5.92 Å². The molecule has 0 spiro atoms. The van der Waals surface area contributed by atoms with E-state index in [1.54, 1.807) is 0 Å². The maximum Gasteiger partial charge on any atom is 0.133 e. The zero-order valence-electron chi connectivity index (χ0n) is 14.8. The lowest BCUT2D eigenvalue weighted by Crippen LogP contribution is -2.35. The number of hydrogen-bond donors (Lipinski definition) is 2. The van der Waals surface area contributed by atoms with Crippen molar-refractivity contribution in [2.45, 2.75) is 45.7 Å². The second kappa shape index (κ2) is 7.95. The lowest BCUT2D eigenvalue weighted by atomic mass is 10.0. The fourth-order valence-electron chi connectivity index (χ4n) is 3.29. The Morgan fingerprint density at radius 1 is 1.17 bits per heavy atom. The molecule has 130 valence electrons. The summed E-state index contributed by atoms with van der Waals surface area (Å²) in [6, 6.07) is 10.9. The van der Waals surface area contributed by atoms with Gasteiger partial charge in [-0.1, -0.05) is 25.1 Å². The van der Waals surface area contributed by atoms with Gasteiger partial charge in [0.25, 0.3) is 0 Å². The molecular weight excluding hydrogens is 298 g/mol. The summed E-state index contributed by atoms with van der Waals surface area (Å²) in [6.07, 6.45) is 3.82. The maximum absolute atomic E-state index is 9.34. The molecule has 1 aromatic heterocycles. The summed E-state index contributed by atoms with van der Waals surface area (Å²) in [6.45, 7) is 7.40. The van der Waals surface area contributed by atoms with Crippen LogP contribution in [0.4, 0.5) is 5.82 Å². The van der Waals surface area contributed by atoms with Gasteiger partial charge in [-0.05, 0) is 44.2 Å². The fraction of sp³-hybridized carbons (Fsp3) is 0.550. The number of fused-ring (bicyclic) bond motifs is 1. The molecule has 2 heterocycles. The highest BCUT2D eigenvalue weighted by Gasteiger charge is 2.18. The smallest absolute Gasteiger partial charge is 0.133 e. The van der Waals surface area contributed by atoms with Gasteiger partial charge in [0.1, 0.15) is 5.82 Å². The molecule has 0 radical (unpaired) electrons. The SMILES string of the molecule is CC(CO)C(C)NCc1cc2ccccc2nc1N1CCCCC1. The maximum atomic E-state index is 9.34. The fourth-order valence-corrected chi connectivity index (χ4v) is 3.29. The third-order valence-electron chi connectivity index (χ3n) is 5.19. The van der Waals surface area contributed by atoms with Crippen molar-refractivity contribution in [1.29, 1.82) is 0 Å². The molecule has 2 atom stereocenters. The van der Waals surface area contributed by atoms with Crippen molar-refractivity contribution >= 4 is 16.7 Å². The molecule has 1 saturated heterocycles. The Morgan fingerprint density at radius 3 is 2.67 bits per heavy atom. The average molecular weight is 327 g/mol. The largest absolute Gasteiger partial charge is 0.396 e. The van der Waals surface area contributed by atoms with Crippen molar-refractivity contribution < 1.29 is 5.11 Å². The van der Waals surface area contributed by atoms with Gasteiger partial charge in [-0.15, -0.1) is 0 Å². The molecule has 4 heteroatoms. The molecule has 1 aromatic carbocycles. The van der Waals surface area contributed by atoms with Crippen LogP contribution in [0.2, 0.25) is 0 Å². The topological polar surface area (TPSA) is 48.4 Å². The third-order valence-corrected chi connectivity index (χ3v) is 5.19. The normalized spacial score (nSPS) is 17.9. The van der Waals surface area contributed by atoms with E-state index in [0.29, 0.717) is 0 Å². The van der Waals surface area contributed by atoms with Gasteiger partial charge in [-0.3, -0.25) is 0 Å². The second-order valence-electron chi connectivity index (χ2n) is 7.04. The molecule has 2 aromatic rings. The lowest BCUT2D eigenvalue weighted by molar-refractivity contribution is 0.207. The van der Waals surface area contributed by atoms with Crippen LogP contribution in [-0.2, 0) is 6.54 Å². The van der Waals surface area contributed by atoms with E-state index in [9.17, 15) is 5.11 Å².